The number of nitrogens with zero attached hydrogens (tertiary/aromatic N) is 1. The minimum atomic E-state index is -0.537. The van der Waals surface area contributed by atoms with Crippen molar-refractivity contribution < 1.29 is 4.74 Å². The third-order valence-electron chi connectivity index (χ3n) is 2.86. The molecule has 0 fully saturated rings. The van der Waals surface area contributed by atoms with Crippen LogP contribution in [0.2, 0.25) is 5.02 Å². The maximum absolute atomic E-state index is 9.45. The molecule has 1 unspecified atom stereocenters. The molecule has 0 aromatic heterocycles. The lowest BCUT2D eigenvalue weighted by Crippen LogP contribution is -2.10. The summed E-state index contributed by atoms with van der Waals surface area (Å²) in [5, 5.41) is 13.2. The average molecular weight is 431 g/mol. The fourth-order valence-corrected chi connectivity index (χ4v) is 2.74. The van der Waals surface area contributed by atoms with E-state index >= 15 is 0 Å². The zero-order valence-electron chi connectivity index (χ0n) is 11.0. The van der Waals surface area contributed by atoms with E-state index in [1.54, 1.807) is 13.2 Å². The lowest BCUT2D eigenvalue weighted by atomic mass is 10.1. The van der Waals surface area contributed by atoms with Gasteiger partial charge in [-0.2, -0.15) is 5.26 Å². The summed E-state index contributed by atoms with van der Waals surface area (Å²) in [6.07, 6.45) is 0. The van der Waals surface area contributed by atoms with Crippen molar-refractivity contribution in [3.05, 3.63) is 55.9 Å². The predicted octanol–water partition coefficient (Wildman–Crippen LogP) is 5.55. The molecule has 0 heterocycles. The largest absolute Gasteiger partial charge is 0.496 e. The molecular formula is C15H11Br2ClN2O. The van der Waals surface area contributed by atoms with Gasteiger partial charge in [-0.15, -0.1) is 0 Å². The van der Waals surface area contributed by atoms with Gasteiger partial charge in [0.25, 0.3) is 0 Å². The van der Waals surface area contributed by atoms with Crippen molar-refractivity contribution in [2.24, 2.45) is 0 Å². The molecule has 0 aliphatic heterocycles. The second-order valence-corrected chi connectivity index (χ2v) is 6.40. The molecule has 108 valence electrons. The second-order valence-electron chi connectivity index (χ2n) is 4.22. The van der Waals surface area contributed by atoms with Crippen molar-refractivity contribution >= 4 is 49.1 Å². The van der Waals surface area contributed by atoms with Crippen molar-refractivity contribution in [1.82, 2.24) is 0 Å². The molecule has 2 rings (SSSR count). The monoisotopic (exact) mass is 428 g/mol. The molecule has 6 heteroatoms. The van der Waals surface area contributed by atoms with Gasteiger partial charge in [0.05, 0.1) is 18.2 Å². The van der Waals surface area contributed by atoms with Crippen molar-refractivity contribution in [2.75, 3.05) is 12.4 Å². The van der Waals surface area contributed by atoms with Gasteiger partial charge in [0, 0.05) is 20.2 Å². The molecule has 1 atom stereocenters. The molecule has 0 bridgehead atoms. The van der Waals surface area contributed by atoms with Gasteiger partial charge in [0.2, 0.25) is 0 Å². The SMILES string of the molecule is COc1ccc(Br)cc1C(C#N)Nc1ccc(Cl)c(Br)c1. The highest BCUT2D eigenvalue weighted by molar-refractivity contribution is 9.10. The molecular weight excluding hydrogens is 419 g/mol. The van der Waals surface area contributed by atoms with Crippen LogP contribution < -0.4 is 10.1 Å². The highest BCUT2D eigenvalue weighted by atomic mass is 79.9. The van der Waals surface area contributed by atoms with Gasteiger partial charge in [-0.05, 0) is 52.3 Å². The van der Waals surface area contributed by atoms with Gasteiger partial charge in [-0.1, -0.05) is 27.5 Å². The Hall–Kier alpha value is -1.22. The Labute approximate surface area is 145 Å². The van der Waals surface area contributed by atoms with Gasteiger partial charge < -0.3 is 10.1 Å². The first kappa shape index (κ1) is 16.2. The number of benzene rings is 2. The van der Waals surface area contributed by atoms with E-state index in [1.807, 2.05) is 30.3 Å². The molecule has 0 saturated carbocycles. The van der Waals surface area contributed by atoms with E-state index in [9.17, 15) is 5.26 Å². The molecule has 0 amide bonds. The summed E-state index contributed by atoms with van der Waals surface area (Å²) in [7, 11) is 1.58. The van der Waals surface area contributed by atoms with E-state index in [-0.39, 0.29) is 0 Å². The first-order valence-corrected chi connectivity index (χ1v) is 7.96. The number of ether oxygens (including phenoxy) is 1. The Bertz CT molecular complexity index is 701. The van der Waals surface area contributed by atoms with Crippen LogP contribution in [0, 0.1) is 11.3 Å². The smallest absolute Gasteiger partial charge is 0.143 e. The topological polar surface area (TPSA) is 45.0 Å². The van der Waals surface area contributed by atoms with Crippen molar-refractivity contribution in [1.29, 1.82) is 5.26 Å². The minimum absolute atomic E-state index is 0.537. The summed E-state index contributed by atoms with van der Waals surface area (Å²) in [5.74, 6) is 0.658. The maximum atomic E-state index is 9.45. The Morgan fingerprint density at radius 1 is 1.24 bits per heavy atom. The van der Waals surface area contributed by atoms with Gasteiger partial charge in [0.15, 0.2) is 0 Å². The number of nitriles is 1. The van der Waals surface area contributed by atoms with Crippen LogP contribution in [0.5, 0.6) is 5.75 Å². The van der Waals surface area contributed by atoms with E-state index in [4.69, 9.17) is 16.3 Å². The highest BCUT2D eigenvalue weighted by Crippen LogP contribution is 2.32. The fourth-order valence-electron chi connectivity index (χ4n) is 1.86. The molecule has 0 radical (unpaired) electrons. The molecule has 2 aromatic carbocycles. The quantitative estimate of drug-likeness (QED) is 0.692. The molecule has 0 aliphatic rings. The molecule has 0 spiro atoms. The third-order valence-corrected chi connectivity index (χ3v) is 4.57. The van der Waals surface area contributed by atoms with E-state index in [1.165, 1.54) is 0 Å². The first-order valence-electron chi connectivity index (χ1n) is 6.00. The Morgan fingerprint density at radius 2 is 2.00 bits per heavy atom. The van der Waals surface area contributed by atoms with E-state index in [2.05, 4.69) is 43.2 Å². The van der Waals surface area contributed by atoms with Crippen LogP contribution in [-0.4, -0.2) is 7.11 Å². The molecule has 0 aliphatic carbocycles. The van der Waals surface area contributed by atoms with Crippen LogP contribution in [0.1, 0.15) is 11.6 Å². The number of halogens is 3. The van der Waals surface area contributed by atoms with Crippen molar-refractivity contribution in [3.8, 4) is 11.8 Å². The van der Waals surface area contributed by atoms with E-state index < -0.39 is 6.04 Å². The molecule has 0 saturated heterocycles. The second kappa shape index (κ2) is 7.17. The van der Waals surface area contributed by atoms with Crippen LogP contribution in [0.25, 0.3) is 0 Å². The minimum Gasteiger partial charge on any atom is -0.496 e. The highest BCUT2D eigenvalue weighted by Gasteiger charge is 2.16. The van der Waals surface area contributed by atoms with Gasteiger partial charge in [0.1, 0.15) is 11.8 Å². The average Bonchev–Trinajstić information content (AvgIpc) is 2.48. The number of anilines is 1. The Kier molecular flexibility index (Phi) is 5.51. The molecule has 2 aromatic rings. The summed E-state index contributed by atoms with van der Waals surface area (Å²) in [5.41, 5.74) is 1.56. The molecule has 3 nitrogen and oxygen atoms in total. The number of rotatable bonds is 4. The lowest BCUT2D eigenvalue weighted by molar-refractivity contribution is 0.409. The Morgan fingerprint density at radius 3 is 2.62 bits per heavy atom. The normalized spacial score (nSPS) is 11.6. The summed E-state index contributed by atoms with van der Waals surface area (Å²) < 4.78 is 6.98. The van der Waals surface area contributed by atoms with Crippen LogP contribution in [-0.2, 0) is 0 Å². The fraction of sp³-hybridized carbons (Fsp3) is 0.133. The molecule has 21 heavy (non-hydrogen) atoms. The lowest BCUT2D eigenvalue weighted by Gasteiger charge is -2.17. The zero-order chi connectivity index (χ0) is 15.4. The summed E-state index contributed by atoms with van der Waals surface area (Å²) >= 11 is 12.7. The number of nitrogens with one attached hydrogen (secondary N) is 1. The third kappa shape index (κ3) is 3.91. The van der Waals surface area contributed by atoms with E-state index in [0.29, 0.717) is 10.8 Å². The predicted molar refractivity (Wildman–Crippen MR) is 91.8 cm³/mol. The van der Waals surface area contributed by atoms with Gasteiger partial charge in [-0.3, -0.25) is 0 Å². The summed E-state index contributed by atoms with van der Waals surface area (Å²) in [6, 6.07) is 12.7. The van der Waals surface area contributed by atoms with Crippen LogP contribution >= 0.6 is 43.5 Å². The van der Waals surface area contributed by atoms with Crippen molar-refractivity contribution in [3.63, 3.8) is 0 Å². The van der Waals surface area contributed by atoms with Gasteiger partial charge >= 0.3 is 0 Å². The van der Waals surface area contributed by atoms with Crippen LogP contribution in [0.15, 0.2) is 45.3 Å². The Balaban J connectivity index is 2.34. The number of methoxy groups -OCH3 is 1. The zero-order valence-corrected chi connectivity index (χ0v) is 15.0. The summed E-state index contributed by atoms with van der Waals surface area (Å²) in [4.78, 5) is 0. The number of hydrogen-bond donors (Lipinski definition) is 1. The maximum Gasteiger partial charge on any atom is 0.143 e. The first-order chi connectivity index (χ1) is 10.0. The van der Waals surface area contributed by atoms with Crippen LogP contribution in [0.4, 0.5) is 5.69 Å². The van der Waals surface area contributed by atoms with Gasteiger partial charge in [-0.25, -0.2) is 0 Å². The van der Waals surface area contributed by atoms with Crippen molar-refractivity contribution in [2.45, 2.75) is 6.04 Å². The van der Waals surface area contributed by atoms with Crippen LogP contribution in [0.3, 0.4) is 0 Å². The van der Waals surface area contributed by atoms with E-state index in [0.717, 1.165) is 20.2 Å². The number of hydrogen-bond acceptors (Lipinski definition) is 3. The standard InChI is InChI=1S/C15H11Br2ClN2O/c1-21-15-5-2-9(16)6-11(15)14(8-19)20-10-3-4-13(18)12(17)7-10/h2-7,14,20H,1H3. The molecule has 1 N–H and O–H groups in total. The summed E-state index contributed by atoms with van der Waals surface area (Å²) in [6.45, 7) is 0.